The quantitative estimate of drug-likeness (QED) is 0.818. The molecule has 1 aromatic heterocycles. The van der Waals surface area contributed by atoms with E-state index in [1.807, 2.05) is 0 Å². The van der Waals surface area contributed by atoms with E-state index < -0.39 is 17.9 Å². The lowest BCUT2D eigenvalue weighted by Gasteiger charge is -2.27. The maximum absolute atomic E-state index is 11.5. The van der Waals surface area contributed by atoms with E-state index in [-0.39, 0.29) is 12.6 Å². The molecule has 1 aliphatic rings. The van der Waals surface area contributed by atoms with Crippen LogP contribution in [0.2, 0.25) is 0 Å². The Morgan fingerprint density at radius 1 is 1.43 bits per heavy atom. The van der Waals surface area contributed by atoms with E-state index in [9.17, 15) is 14.7 Å². The van der Waals surface area contributed by atoms with E-state index in [0.717, 1.165) is 0 Å². The lowest BCUT2D eigenvalue weighted by molar-refractivity contribution is -0.141. The smallest absolute Gasteiger partial charge is 0.339 e. The molecule has 21 heavy (non-hydrogen) atoms. The number of carboxylic acid groups (broad SMARTS) is 1. The number of carbonyl (C=O) groups excluding carboxylic acids is 1. The minimum absolute atomic E-state index is 0.198. The Hall–Kier alpha value is -2.15. The normalized spacial score (nSPS) is 21.1. The van der Waals surface area contributed by atoms with Crippen molar-refractivity contribution < 1.29 is 24.2 Å². The number of ether oxygens (including phenoxy) is 2. The average molecular weight is 294 g/mol. The van der Waals surface area contributed by atoms with E-state index in [2.05, 4.69) is 9.72 Å². The highest BCUT2D eigenvalue weighted by atomic mass is 16.5. The molecule has 0 saturated carbocycles. The van der Waals surface area contributed by atoms with Crippen LogP contribution < -0.4 is 4.90 Å². The molecule has 2 rings (SSSR count). The maximum Gasteiger partial charge on any atom is 0.339 e. The van der Waals surface area contributed by atoms with Gasteiger partial charge in [0.15, 0.2) is 0 Å². The molecule has 0 radical (unpaired) electrons. The average Bonchev–Trinajstić information content (AvgIpc) is 2.95. The molecule has 0 bridgehead atoms. The molecule has 0 amide bonds. The van der Waals surface area contributed by atoms with Crippen LogP contribution in [-0.2, 0) is 14.3 Å². The lowest BCUT2D eigenvalue weighted by atomic mass is 10.0. The van der Waals surface area contributed by atoms with Crippen molar-refractivity contribution in [3.8, 4) is 0 Å². The van der Waals surface area contributed by atoms with Crippen LogP contribution in [0.5, 0.6) is 0 Å². The summed E-state index contributed by atoms with van der Waals surface area (Å²) in [6.07, 6.45) is 0. The molecule has 0 aromatic carbocycles. The molecule has 0 spiro atoms. The van der Waals surface area contributed by atoms with Crippen LogP contribution in [0.1, 0.15) is 16.1 Å². The largest absolute Gasteiger partial charge is 0.481 e. The zero-order valence-corrected chi connectivity index (χ0v) is 12.2. The van der Waals surface area contributed by atoms with Crippen LogP contribution in [0.15, 0.2) is 12.1 Å². The highest BCUT2D eigenvalue weighted by molar-refractivity contribution is 5.90. The topological polar surface area (TPSA) is 89.0 Å². The molecule has 2 heterocycles. The number of likely N-dealkylation sites (N-methyl/N-ethyl adjacent to an activating group) is 1. The third kappa shape index (κ3) is 2.97. The molecule has 0 aliphatic carbocycles. The third-order valence-corrected chi connectivity index (χ3v) is 3.70. The number of hydrogen-bond acceptors (Lipinski definition) is 6. The SMILES string of the molecule is COC(=O)c1ccc(N(C)C2COCC2C(=O)O)nc1C. The number of aliphatic carboxylic acids is 1. The summed E-state index contributed by atoms with van der Waals surface area (Å²) in [5, 5.41) is 9.19. The second-order valence-corrected chi connectivity index (χ2v) is 4.95. The molecule has 7 heteroatoms. The fraction of sp³-hybridized carbons (Fsp3) is 0.500. The van der Waals surface area contributed by atoms with Crippen LogP contribution in [0.4, 0.5) is 5.82 Å². The van der Waals surface area contributed by atoms with Gasteiger partial charge < -0.3 is 19.5 Å². The number of carboxylic acids is 1. The first-order valence-corrected chi connectivity index (χ1v) is 6.55. The zero-order valence-electron chi connectivity index (χ0n) is 12.2. The number of rotatable bonds is 4. The summed E-state index contributed by atoms with van der Waals surface area (Å²) in [5.74, 6) is -1.31. The molecule has 2 atom stereocenters. The Morgan fingerprint density at radius 2 is 2.14 bits per heavy atom. The maximum atomic E-state index is 11.5. The molecule has 1 fully saturated rings. The van der Waals surface area contributed by atoms with Gasteiger partial charge in [-0.2, -0.15) is 0 Å². The van der Waals surface area contributed by atoms with E-state index in [4.69, 9.17) is 4.74 Å². The lowest BCUT2D eigenvalue weighted by Crippen LogP contribution is -2.41. The van der Waals surface area contributed by atoms with Gasteiger partial charge in [0.05, 0.1) is 37.6 Å². The van der Waals surface area contributed by atoms with Crippen molar-refractivity contribution >= 4 is 17.8 Å². The second-order valence-electron chi connectivity index (χ2n) is 4.95. The van der Waals surface area contributed by atoms with Gasteiger partial charge in [-0.3, -0.25) is 4.79 Å². The minimum atomic E-state index is -0.882. The molecule has 114 valence electrons. The fourth-order valence-corrected chi connectivity index (χ4v) is 2.40. The Kier molecular flexibility index (Phi) is 4.42. The van der Waals surface area contributed by atoms with Gasteiger partial charge in [0.2, 0.25) is 0 Å². The van der Waals surface area contributed by atoms with Gasteiger partial charge in [-0.15, -0.1) is 0 Å². The third-order valence-electron chi connectivity index (χ3n) is 3.70. The summed E-state index contributed by atoms with van der Waals surface area (Å²) in [4.78, 5) is 28.9. The van der Waals surface area contributed by atoms with Crippen molar-refractivity contribution in [1.82, 2.24) is 4.98 Å². The Morgan fingerprint density at radius 3 is 2.71 bits per heavy atom. The number of aryl methyl sites for hydroxylation is 1. The summed E-state index contributed by atoms with van der Waals surface area (Å²) in [6.45, 7) is 2.25. The van der Waals surface area contributed by atoms with Crippen LogP contribution in [-0.4, -0.2) is 55.4 Å². The molecule has 2 unspecified atom stereocenters. The van der Waals surface area contributed by atoms with Gasteiger partial charge in [0.25, 0.3) is 0 Å². The number of methoxy groups -OCH3 is 1. The zero-order chi connectivity index (χ0) is 15.6. The standard InChI is InChI=1S/C14H18N2O5/c1-8-9(14(19)20-3)4-5-12(15-8)16(2)11-7-21-6-10(11)13(17)18/h4-5,10-11H,6-7H2,1-3H3,(H,17,18). The summed E-state index contributed by atoms with van der Waals surface area (Å²) in [7, 11) is 3.09. The highest BCUT2D eigenvalue weighted by Crippen LogP contribution is 2.24. The van der Waals surface area contributed by atoms with Crippen molar-refractivity contribution in [2.75, 3.05) is 32.3 Å². The number of aromatic nitrogens is 1. The predicted octanol–water partition coefficient (Wildman–Crippen LogP) is 0.712. The fourth-order valence-electron chi connectivity index (χ4n) is 2.40. The van der Waals surface area contributed by atoms with Gasteiger partial charge in [0.1, 0.15) is 11.7 Å². The monoisotopic (exact) mass is 294 g/mol. The molecule has 7 nitrogen and oxygen atoms in total. The van der Waals surface area contributed by atoms with Crippen molar-refractivity contribution in [1.29, 1.82) is 0 Å². The van der Waals surface area contributed by atoms with Crippen LogP contribution in [0.25, 0.3) is 0 Å². The van der Waals surface area contributed by atoms with E-state index in [1.165, 1.54) is 7.11 Å². The first-order valence-electron chi connectivity index (χ1n) is 6.55. The van der Waals surface area contributed by atoms with Crippen LogP contribution in [0, 0.1) is 12.8 Å². The predicted molar refractivity (Wildman–Crippen MR) is 74.4 cm³/mol. The molecular weight excluding hydrogens is 276 g/mol. The Balaban J connectivity index is 2.24. The summed E-state index contributed by atoms with van der Waals surface area (Å²) in [5.41, 5.74) is 0.934. The van der Waals surface area contributed by atoms with Gasteiger partial charge >= 0.3 is 11.9 Å². The molecule has 1 aliphatic heterocycles. The van der Waals surface area contributed by atoms with Crippen molar-refractivity contribution in [2.45, 2.75) is 13.0 Å². The van der Waals surface area contributed by atoms with Crippen molar-refractivity contribution in [3.63, 3.8) is 0 Å². The molecule has 1 aromatic rings. The highest BCUT2D eigenvalue weighted by Gasteiger charge is 2.37. The van der Waals surface area contributed by atoms with E-state index in [0.29, 0.717) is 23.7 Å². The summed E-state index contributed by atoms with van der Waals surface area (Å²) in [6, 6.07) is 3.03. The Bertz CT molecular complexity index is 560. The number of carbonyl (C=O) groups is 2. The first-order chi connectivity index (χ1) is 9.95. The number of pyridine rings is 1. The summed E-state index contributed by atoms with van der Waals surface area (Å²) < 4.78 is 9.93. The minimum Gasteiger partial charge on any atom is -0.481 e. The van der Waals surface area contributed by atoms with Crippen LogP contribution >= 0.6 is 0 Å². The van der Waals surface area contributed by atoms with E-state index >= 15 is 0 Å². The van der Waals surface area contributed by atoms with Crippen molar-refractivity contribution in [3.05, 3.63) is 23.4 Å². The van der Waals surface area contributed by atoms with Gasteiger partial charge in [-0.05, 0) is 19.1 Å². The van der Waals surface area contributed by atoms with Gasteiger partial charge in [0, 0.05) is 7.05 Å². The number of anilines is 1. The first kappa shape index (κ1) is 15.2. The van der Waals surface area contributed by atoms with E-state index in [1.54, 1.807) is 31.0 Å². The molecular formula is C14H18N2O5. The number of nitrogens with zero attached hydrogens (tertiary/aromatic N) is 2. The van der Waals surface area contributed by atoms with Crippen LogP contribution in [0.3, 0.4) is 0 Å². The Labute approximate surface area is 122 Å². The van der Waals surface area contributed by atoms with Gasteiger partial charge in [-0.25, -0.2) is 9.78 Å². The molecule has 1 N–H and O–H groups in total. The number of esters is 1. The summed E-state index contributed by atoms with van der Waals surface area (Å²) >= 11 is 0. The van der Waals surface area contributed by atoms with Crippen molar-refractivity contribution in [2.24, 2.45) is 5.92 Å². The molecule has 1 saturated heterocycles. The van der Waals surface area contributed by atoms with Gasteiger partial charge in [-0.1, -0.05) is 0 Å². The second kappa shape index (κ2) is 6.09. The number of hydrogen-bond donors (Lipinski definition) is 1.